The van der Waals surface area contributed by atoms with Gasteiger partial charge in [-0.3, -0.25) is 9.36 Å². The smallest absolute Gasteiger partial charge is 0.416 e. The molecule has 5 rings (SSSR count). The van der Waals surface area contributed by atoms with Crippen LogP contribution in [0.5, 0.6) is 5.88 Å². The van der Waals surface area contributed by atoms with Crippen molar-refractivity contribution in [2.24, 2.45) is 10.2 Å². The van der Waals surface area contributed by atoms with Crippen molar-refractivity contribution in [1.29, 1.82) is 0 Å². The van der Waals surface area contributed by atoms with E-state index < -0.39 is 34.3 Å². The second-order valence-electron chi connectivity index (χ2n) is 11.2. The topological polar surface area (TPSA) is 96.5 Å². The van der Waals surface area contributed by atoms with Crippen molar-refractivity contribution < 1.29 is 27.8 Å². The molecule has 2 aromatic carbocycles. The number of aromatic hydroxyl groups is 1. The lowest BCUT2D eigenvalue weighted by molar-refractivity contribution is -0.138. The Kier molecular flexibility index (Phi) is 7.97. The molecular formula is C29H28ClF3N4O4S. The molecule has 1 N–H and O–H groups in total. The minimum atomic E-state index is -4.67. The summed E-state index contributed by atoms with van der Waals surface area (Å²) in [7, 11) is 0. The number of aromatic nitrogens is 1. The molecule has 1 fully saturated rings. The highest BCUT2D eigenvalue weighted by atomic mass is 35.5. The molecule has 2 aliphatic heterocycles. The van der Waals surface area contributed by atoms with E-state index in [9.17, 15) is 27.9 Å². The number of amides is 1. The number of ether oxygens (including phenoxy) is 1. The lowest BCUT2D eigenvalue weighted by Gasteiger charge is -2.33. The molecule has 1 amide bonds. The lowest BCUT2D eigenvalue weighted by Crippen LogP contribution is -2.42. The van der Waals surface area contributed by atoms with Crippen molar-refractivity contribution in [3.05, 3.63) is 83.2 Å². The standard InChI is InChI=1S/C29H28ClF3N4O4S/c1-28(2,3)41-26(39)36-10-8-20(9-11-36)37-25(38)24(42-27(37)40)21(16-5-7-23-18(12-16)15-34-35-23)13-17-4-6-19(30)14-22(17)29(31,32)33/h4-7,12,14-15,20,38H,8-11,13H2,1-3H3. The quantitative estimate of drug-likeness (QED) is 0.430. The van der Waals surface area contributed by atoms with Crippen LogP contribution in [0.15, 0.2) is 51.4 Å². The monoisotopic (exact) mass is 620 g/mol. The van der Waals surface area contributed by atoms with E-state index in [4.69, 9.17) is 16.3 Å². The first-order valence-electron chi connectivity index (χ1n) is 13.2. The van der Waals surface area contributed by atoms with Gasteiger partial charge in [0.05, 0.1) is 22.0 Å². The molecule has 0 aliphatic carbocycles. The molecule has 1 saturated heterocycles. The van der Waals surface area contributed by atoms with Crippen LogP contribution < -0.4 is 15.4 Å². The molecule has 0 atom stereocenters. The van der Waals surface area contributed by atoms with E-state index in [1.54, 1.807) is 43.9 Å². The van der Waals surface area contributed by atoms with Crippen LogP contribution in [0.4, 0.5) is 18.0 Å². The zero-order valence-electron chi connectivity index (χ0n) is 23.0. The van der Waals surface area contributed by atoms with Gasteiger partial charge in [0, 0.05) is 36.1 Å². The molecule has 0 unspecified atom stereocenters. The van der Waals surface area contributed by atoms with Crippen molar-refractivity contribution in [3.63, 3.8) is 0 Å². The van der Waals surface area contributed by atoms with Crippen molar-refractivity contribution in [2.75, 3.05) is 13.1 Å². The summed E-state index contributed by atoms with van der Waals surface area (Å²) < 4.78 is 48.7. The van der Waals surface area contributed by atoms with Crippen molar-refractivity contribution in [3.8, 4) is 5.88 Å². The van der Waals surface area contributed by atoms with Gasteiger partial charge >= 0.3 is 17.1 Å². The number of carbonyl (C=O) groups is 1. The van der Waals surface area contributed by atoms with Crippen molar-refractivity contribution >= 4 is 40.8 Å². The fourth-order valence-electron chi connectivity index (χ4n) is 5.09. The molecule has 2 aliphatic rings. The molecule has 1 aromatic heterocycles. The Labute approximate surface area is 248 Å². The zero-order chi connectivity index (χ0) is 30.4. The maximum absolute atomic E-state index is 14.0. The van der Waals surface area contributed by atoms with Gasteiger partial charge in [0.2, 0.25) is 5.88 Å². The van der Waals surface area contributed by atoms with Gasteiger partial charge in [-0.1, -0.05) is 35.1 Å². The Morgan fingerprint density at radius 3 is 2.52 bits per heavy atom. The van der Waals surface area contributed by atoms with Crippen LogP contribution in [0, 0.1) is 0 Å². The van der Waals surface area contributed by atoms with Gasteiger partial charge in [0.1, 0.15) is 5.60 Å². The number of benzene rings is 2. The van der Waals surface area contributed by atoms with Crippen LogP contribution >= 0.6 is 22.9 Å². The van der Waals surface area contributed by atoms with Crippen LogP contribution in [0.2, 0.25) is 5.02 Å². The first kappa shape index (κ1) is 29.8. The first-order valence-corrected chi connectivity index (χ1v) is 14.4. The van der Waals surface area contributed by atoms with Crippen LogP contribution in [0.1, 0.15) is 61.2 Å². The Morgan fingerprint density at radius 1 is 1.14 bits per heavy atom. The summed E-state index contributed by atoms with van der Waals surface area (Å²) in [6, 6.07) is 8.24. The van der Waals surface area contributed by atoms with E-state index in [-0.39, 0.29) is 27.8 Å². The molecule has 3 aromatic rings. The second kappa shape index (κ2) is 11.2. The summed E-state index contributed by atoms with van der Waals surface area (Å²) in [5, 5.41) is 20.4. The number of hydrogen-bond acceptors (Lipinski definition) is 7. The molecular weight excluding hydrogens is 593 g/mol. The lowest BCUT2D eigenvalue weighted by atomic mass is 9.96. The number of nitrogens with zero attached hydrogens (tertiary/aromatic N) is 4. The SMILES string of the molecule is CC(C)(C)OC(=O)N1CCC(n2c(O)c(C(Cc3ccc(Cl)cc3C(F)(F)F)=c3ccc4c(c3)C=NN=4)sc2=O)CC1. The number of rotatable bonds is 4. The van der Waals surface area contributed by atoms with Gasteiger partial charge in [-0.2, -0.15) is 23.4 Å². The average Bonchev–Trinajstić information content (AvgIpc) is 3.49. The van der Waals surface area contributed by atoms with E-state index in [0.717, 1.165) is 17.4 Å². The number of piperidine rings is 1. The van der Waals surface area contributed by atoms with Gasteiger partial charge in [-0.15, -0.1) is 0 Å². The maximum Gasteiger partial charge on any atom is 0.416 e. The highest BCUT2D eigenvalue weighted by molar-refractivity contribution is 7.10. The van der Waals surface area contributed by atoms with E-state index in [1.807, 2.05) is 0 Å². The van der Waals surface area contributed by atoms with Gasteiger partial charge < -0.3 is 14.7 Å². The van der Waals surface area contributed by atoms with Crippen LogP contribution in [-0.4, -0.2) is 45.6 Å². The molecule has 13 heteroatoms. The maximum atomic E-state index is 14.0. The molecule has 0 spiro atoms. The number of carbonyl (C=O) groups excluding carboxylic acids is 1. The predicted molar refractivity (Wildman–Crippen MR) is 154 cm³/mol. The Balaban J connectivity index is 1.55. The average molecular weight is 621 g/mol. The molecule has 3 heterocycles. The number of halogens is 4. The van der Waals surface area contributed by atoms with E-state index in [1.165, 1.54) is 22.9 Å². The first-order chi connectivity index (χ1) is 19.7. The van der Waals surface area contributed by atoms with Crippen molar-refractivity contribution in [2.45, 2.75) is 57.9 Å². The van der Waals surface area contributed by atoms with Crippen LogP contribution in [-0.2, 0) is 17.3 Å². The normalized spacial score (nSPS) is 16.3. The number of alkyl halides is 3. The minimum Gasteiger partial charge on any atom is -0.493 e. The van der Waals surface area contributed by atoms with Crippen LogP contribution in [0.3, 0.4) is 0 Å². The predicted octanol–water partition coefficient (Wildman–Crippen LogP) is 5.27. The van der Waals surface area contributed by atoms with Gasteiger partial charge in [0.15, 0.2) is 0 Å². The summed E-state index contributed by atoms with van der Waals surface area (Å²) in [4.78, 5) is 27.1. The highest BCUT2D eigenvalue weighted by Gasteiger charge is 2.35. The molecule has 0 radical (unpaired) electrons. The zero-order valence-corrected chi connectivity index (χ0v) is 24.6. The molecule has 8 nitrogen and oxygen atoms in total. The number of likely N-dealkylation sites (tertiary alicyclic amines) is 1. The van der Waals surface area contributed by atoms with Crippen LogP contribution in [0.25, 0.3) is 5.57 Å². The minimum absolute atomic E-state index is 0.0561. The number of fused-ring (bicyclic) bond motifs is 1. The summed E-state index contributed by atoms with van der Waals surface area (Å²) in [6.07, 6.45) is -3.03. The summed E-state index contributed by atoms with van der Waals surface area (Å²) in [6.45, 7) is 5.97. The molecule has 0 bridgehead atoms. The highest BCUT2D eigenvalue weighted by Crippen LogP contribution is 2.38. The summed E-state index contributed by atoms with van der Waals surface area (Å²) in [5.41, 5.74) is -0.594. The fraction of sp³-hybridized carbons (Fsp3) is 0.379. The van der Waals surface area contributed by atoms with Gasteiger partial charge in [0.25, 0.3) is 0 Å². The van der Waals surface area contributed by atoms with E-state index in [0.29, 0.717) is 47.6 Å². The third-order valence-corrected chi connectivity index (χ3v) is 8.30. The fourth-order valence-corrected chi connectivity index (χ4v) is 6.27. The van der Waals surface area contributed by atoms with Crippen molar-refractivity contribution in [1.82, 2.24) is 9.47 Å². The third kappa shape index (κ3) is 6.24. The number of hydrogen-bond donors (Lipinski definition) is 1. The Hall–Kier alpha value is -3.64. The molecule has 42 heavy (non-hydrogen) atoms. The molecule has 0 saturated carbocycles. The third-order valence-electron chi connectivity index (χ3n) is 7.06. The summed E-state index contributed by atoms with van der Waals surface area (Å²) in [5.74, 6) is -0.322. The summed E-state index contributed by atoms with van der Waals surface area (Å²) >= 11 is 6.68. The largest absolute Gasteiger partial charge is 0.493 e. The second-order valence-corrected chi connectivity index (χ2v) is 12.6. The van der Waals surface area contributed by atoms with Gasteiger partial charge in [-0.25, -0.2) is 4.79 Å². The Bertz CT molecular complexity index is 1750. The molecule has 222 valence electrons. The Morgan fingerprint density at radius 2 is 1.86 bits per heavy atom. The van der Waals surface area contributed by atoms with E-state index >= 15 is 0 Å². The van der Waals surface area contributed by atoms with Gasteiger partial charge in [-0.05, 0) is 74.2 Å². The van der Waals surface area contributed by atoms with E-state index in [2.05, 4.69) is 10.2 Å². The number of thiazole rings is 1.